The molecule has 20 heavy (non-hydrogen) atoms. The molecule has 1 fully saturated rings. The minimum Gasteiger partial charge on any atom is -0.296 e. The number of rotatable bonds is 4. The Morgan fingerprint density at radius 2 is 2.20 bits per heavy atom. The number of nitrogens with zero attached hydrogens (tertiary/aromatic N) is 2. The smallest absolute Gasteiger partial charge is 0.296 e. The predicted molar refractivity (Wildman–Crippen MR) is 76.0 cm³/mol. The third-order valence-corrected chi connectivity index (χ3v) is 4.06. The molecule has 5 heteroatoms. The third kappa shape index (κ3) is 3.54. The van der Waals surface area contributed by atoms with E-state index in [2.05, 4.69) is 11.8 Å². The Labute approximate surface area is 118 Å². The summed E-state index contributed by atoms with van der Waals surface area (Å²) in [5.41, 5.74) is 0.366. The molecule has 0 N–H and O–H groups in total. The van der Waals surface area contributed by atoms with Crippen LogP contribution in [0.1, 0.15) is 44.6 Å². The molecular formula is C15H21FN2O2. The van der Waals surface area contributed by atoms with Crippen LogP contribution in [0.15, 0.2) is 18.2 Å². The first-order chi connectivity index (χ1) is 9.61. The average molecular weight is 280 g/mol. The van der Waals surface area contributed by atoms with Gasteiger partial charge in [0, 0.05) is 18.7 Å². The number of hydrogen-bond donors (Lipinski definition) is 0. The van der Waals surface area contributed by atoms with E-state index in [1.54, 1.807) is 6.07 Å². The Morgan fingerprint density at radius 3 is 2.85 bits per heavy atom. The molecule has 1 unspecified atom stereocenters. The maximum atomic E-state index is 13.7. The molecule has 4 nitrogen and oxygen atoms in total. The lowest BCUT2D eigenvalue weighted by Crippen LogP contribution is -2.33. The van der Waals surface area contributed by atoms with Crippen molar-refractivity contribution in [2.75, 3.05) is 6.54 Å². The first kappa shape index (κ1) is 14.9. The number of halogens is 1. The van der Waals surface area contributed by atoms with Crippen molar-refractivity contribution in [3.63, 3.8) is 0 Å². The van der Waals surface area contributed by atoms with E-state index >= 15 is 0 Å². The number of nitro groups is 1. The zero-order valence-corrected chi connectivity index (χ0v) is 11.8. The van der Waals surface area contributed by atoms with Crippen LogP contribution in [-0.4, -0.2) is 22.4 Å². The van der Waals surface area contributed by atoms with E-state index in [1.165, 1.54) is 37.8 Å². The minimum absolute atomic E-state index is 0.448. The van der Waals surface area contributed by atoms with Crippen LogP contribution in [0.5, 0.6) is 0 Å². The Bertz CT molecular complexity index is 479. The number of benzene rings is 1. The van der Waals surface area contributed by atoms with Gasteiger partial charge in [-0.15, -0.1) is 0 Å². The van der Waals surface area contributed by atoms with Crippen molar-refractivity contribution in [3.05, 3.63) is 39.7 Å². The molecule has 0 bridgehead atoms. The van der Waals surface area contributed by atoms with Gasteiger partial charge in [-0.25, -0.2) is 0 Å². The van der Waals surface area contributed by atoms with Crippen LogP contribution in [-0.2, 0) is 6.54 Å². The SMILES string of the molecule is CCC1CCCCCN1Cc1ccc([N+](=O)[O-])c(F)c1. The van der Waals surface area contributed by atoms with E-state index in [0.29, 0.717) is 12.6 Å². The van der Waals surface area contributed by atoms with Crippen LogP contribution in [0.4, 0.5) is 10.1 Å². The van der Waals surface area contributed by atoms with Crippen LogP contribution in [0.2, 0.25) is 0 Å². The van der Waals surface area contributed by atoms with E-state index in [-0.39, 0.29) is 0 Å². The molecule has 1 atom stereocenters. The van der Waals surface area contributed by atoms with Crippen molar-refractivity contribution in [1.29, 1.82) is 0 Å². The Kier molecular flexibility index (Phi) is 5.06. The zero-order valence-electron chi connectivity index (χ0n) is 11.8. The third-order valence-electron chi connectivity index (χ3n) is 4.06. The fourth-order valence-corrected chi connectivity index (χ4v) is 2.94. The molecule has 0 amide bonds. The zero-order chi connectivity index (χ0) is 14.5. The largest absolute Gasteiger partial charge is 0.304 e. The maximum Gasteiger partial charge on any atom is 0.304 e. The van der Waals surface area contributed by atoms with Crippen LogP contribution in [0.3, 0.4) is 0 Å². The van der Waals surface area contributed by atoms with Crippen LogP contribution < -0.4 is 0 Å². The summed E-state index contributed by atoms with van der Waals surface area (Å²) in [7, 11) is 0. The van der Waals surface area contributed by atoms with Crippen LogP contribution in [0, 0.1) is 15.9 Å². The van der Waals surface area contributed by atoms with Gasteiger partial charge in [0.15, 0.2) is 0 Å². The fraction of sp³-hybridized carbons (Fsp3) is 0.600. The number of likely N-dealkylation sites (tertiary alicyclic amines) is 1. The van der Waals surface area contributed by atoms with Crippen molar-refractivity contribution in [1.82, 2.24) is 4.90 Å². The highest BCUT2D eigenvalue weighted by Gasteiger charge is 2.21. The first-order valence-electron chi connectivity index (χ1n) is 7.28. The standard InChI is InChI=1S/C15H21FN2O2/c1-2-13-6-4-3-5-9-17(13)11-12-7-8-15(18(19)20)14(16)10-12/h7-8,10,13H,2-6,9,11H2,1H3. The lowest BCUT2D eigenvalue weighted by molar-refractivity contribution is -0.387. The van der Waals surface area contributed by atoms with E-state index < -0.39 is 16.4 Å². The molecule has 0 saturated carbocycles. The summed E-state index contributed by atoms with van der Waals surface area (Å²) < 4.78 is 13.7. The molecule has 1 aromatic carbocycles. The Balaban J connectivity index is 2.11. The number of nitro benzene ring substituents is 1. The molecule has 1 heterocycles. The molecule has 1 saturated heterocycles. The summed E-state index contributed by atoms with van der Waals surface area (Å²) in [6, 6.07) is 4.77. The molecule has 1 aromatic rings. The van der Waals surface area contributed by atoms with Crippen LogP contribution in [0.25, 0.3) is 0 Å². The fourth-order valence-electron chi connectivity index (χ4n) is 2.94. The lowest BCUT2D eigenvalue weighted by atomic mass is 10.1. The average Bonchev–Trinajstić information content (AvgIpc) is 2.63. The lowest BCUT2D eigenvalue weighted by Gasteiger charge is -2.29. The molecule has 0 aliphatic carbocycles. The van der Waals surface area contributed by atoms with Gasteiger partial charge in [-0.05, 0) is 37.4 Å². The Hall–Kier alpha value is -1.49. The monoisotopic (exact) mass is 280 g/mol. The van der Waals surface area contributed by atoms with Gasteiger partial charge in [0.25, 0.3) is 0 Å². The first-order valence-corrected chi connectivity index (χ1v) is 7.28. The predicted octanol–water partition coefficient (Wildman–Crippen LogP) is 3.89. The van der Waals surface area contributed by atoms with Gasteiger partial charge in [0.1, 0.15) is 0 Å². The summed E-state index contributed by atoms with van der Waals surface area (Å²) in [4.78, 5) is 12.3. The quantitative estimate of drug-likeness (QED) is 0.621. The second kappa shape index (κ2) is 6.79. The summed E-state index contributed by atoms with van der Waals surface area (Å²) >= 11 is 0. The number of hydrogen-bond acceptors (Lipinski definition) is 3. The summed E-state index contributed by atoms with van der Waals surface area (Å²) in [6.07, 6.45) is 5.96. The van der Waals surface area contributed by atoms with Gasteiger partial charge in [-0.3, -0.25) is 15.0 Å². The summed E-state index contributed by atoms with van der Waals surface area (Å²) in [6.45, 7) is 3.88. The van der Waals surface area contributed by atoms with E-state index in [1.807, 2.05) is 0 Å². The van der Waals surface area contributed by atoms with Gasteiger partial charge in [0.2, 0.25) is 5.82 Å². The van der Waals surface area contributed by atoms with E-state index in [4.69, 9.17) is 0 Å². The molecule has 2 rings (SSSR count). The van der Waals surface area contributed by atoms with E-state index in [0.717, 1.165) is 18.5 Å². The topological polar surface area (TPSA) is 46.4 Å². The summed E-state index contributed by atoms with van der Waals surface area (Å²) in [5, 5.41) is 10.6. The molecule has 1 aliphatic rings. The highest BCUT2D eigenvalue weighted by Crippen LogP contribution is 2.23. The summed E-state index contributed by atoms with van der Waals surface area (Å²) in [5.74, 6) is -0.740. The highest BCUT2D eigenvalue weighted by atomic mass is 19.1. The van der Waals surface area contributed by atoms with Gasteiger partial charge in [-0.1, -0.05) is 25.8 Å². The van der Waals surface area contributed by atoms with Gasteiger partial charge in [-0.2, -0.15) is 4.39 Å². The van der Waals surface area contributed by atoms with Crippen molar-refractivity contribution in [2.24, 2.45) is 0 Å². The minimum atomic E-state index is -0.740. The van der Waals surface area contributed by atoms with Gasteiger partial charge >= 0.3 is 5.69 Å². The normalized spacial score (nSPS) is 20.6. The Morgan fingerprint density at radius 1 is 1.40 bits per heavy atom. The molecule has 110 valence electrons. The highest BCUT2D eigenvalue weighted by molar-refractivity contribution is 5.35. The second-order valence-corrected chi connectivity index (χ2v) is 5.42. The van der Waals surface area contributed by atoms with E-state index in [9.17, 15) is 14.5 Å². The van der Waals surface area contributed by atoms with Gasteiger partial charge < -0.3 is 0 Å². The van der Waals surface area contributed by atoms with Crippen molar-refractivity contribution >= 4 is 5.69 Å². The maximum absolute atomic E-state index is 13.7. The molecule has 0 spiro atoms. The van der Waals surface area contributed by atoms with Crippen molar-refractivity contribution in [3.8, 4) is 0 Å². The van der Waals surface area contributed by atoms with Crippen molar-refractivity contribution < 1.29 is 9.31 Å². The molecule has 0 radical (unpaired) electrons. The second-order valence-electron chi connectivity index (χ2n) is 5.42. The van der Waals surface area contributed by atoms with Crippen LogP contribution >= 0.6 is 0 Å². The molecule has 1 aliphatic heterocycles. The van der Waals surface area contributed by atoms with Gasteiger partial charge in [0.05, 0.1) is 4.92 Å². The van der Waals surface area contributed by atoms with Crippen molar-refractivity contribution in [2.45, 2.75) is 51.6 Å². The molecular weight excluding hydrogens is 259 g/mol. The molecule has 0 aromatic heterocycles.